The van der Waals surface area contributed by atoms with E-state index in [1.54, 1.807) is 24.3 Å². The van der Waals surface area contributed by atoms with Crippen molar-refractivity contribution >= 4 is 71.2 Å². The molecule has 0 bridgehead atoms. The number of anilines is 1. The van der Waals surface area contributed by atoms with Gasteiger partial charge in [-0.25, -0.2) is 0 Å². The van der Waals surface area contributed by atoms with Crippen molar-refractivity contribution in [1.82, 2.24) is 0 Å². The first-order valence-corrected chi connectivity index (χ1v) is 12.6. The highest BCUT2D eigenvalue weighted by molar-refractivity contribution is 9.11. The van der Waals surface area contributed by atoms with Gasteiger partial charge in [0.25, 0.3) is 5.91 Å². The Kier molecular flexibility index (Phi) is 7.97. The van der Waals surface area contributed by atoms with E-state index < -0.39 is 16.0 Å². The lowest BCUT2D eigenvalue weighted by atomic mass is 10.1. The molecule has 6 nitrogen and oxygen atoms in total. The zero-order chi connectivity index (χ0) is 24.2. The highest BCUT2D eigenvalue weighted by Gasteiger charge is 2.22. The molecule has 0 aliphatic heterocycles. The molecule has 0 atom stereocenters. The summed E-state index contributed by atoms with van der Waals surface area (Å²) >= 11 is 12.5. The molecule has 1 amide bonds. The number of amides is 1. The van der Waals surface area contributed by atoms with E-state index in [0.29, 0.717) is 19.7 Å². The predicted octanol–water partition coefficient (Wildman–Crippen LogP) is 6.49. The number of aryl methyl sites for hydroxylation is 1. The number of nitriles is 1. The van der Waals surface area contributed by atoms with E-state index >= 15 is 0 Å². The van der Waals surface area contributed by atoms with Crippen molar-refractivity contribution in [3.63, 3.8) is 0 Å². The van der Waals surface area contributed by atoms with Gasteiger partial charge in [-0.3, -0.25) is 4.79 Å². The van der Waals surface area contributed by atoms with Crippen LogP contribution in [0.15, 0.2) is 80.1 Å². The van der Waals surface area contributed by atoms with Gasteiger partial charge in [0.2, 0.25) is 0 Å². The molecule has 3 aromatic carbocycles. The SMILES string of the molecule is Cc1cccc(NC(=O)/C(C#N)=C/c2cc(Br)cc(Br)c2OS(=O)(=O)c2ccc(Cl)cc2)c1. The van der Waals surface area contributed by atoms with Crippen LogP contribution in [0.4, 0.5) is 5.69 Å². The van der Waals surface area contributed by atoms with Gasteiger partial charge in [0.05, 0.1) is 4.47 Å². The Balaban J connectivity index is 2.00. The van der Waals surface area contributed by atoms with Gasteiger partial charge in [-0.1, -0.05) is 39.7 Å². The Labute approximate surface area is 213 Å². The van der Waals surface area contributed by atoms with Crippen LogP contribution in [0.5, 0.6) is 5.75 Å². The molecule has 3 rings (SSSR count). The molecular formula is C23H15Br2ClN2O4S. The summed E-state index contributed by atoms with van der Waals surface area (Å²) in [5, 5.41) is 12.6. The summed E-state index contributed by atoms with van der Waals surface area (Å²) in [7, 11) is -4.22. The third kappa shape index (κ3) is 6.45. The van der Waals surface area contributed by atoms with Gasteiger partial charge >= 0.3 is 10.1 Å². The summed E-state index contributed by atoms with van der Waals surface area (Å²) in [6, 6.07) is 17.6. The Morgan fingerprint density at radius 2 is 1.82 bits per heavy atom. The Hall–Kier alpha value is -2.64. The highest BCUT2D eigenvalue weighted by Crippen LogP contribution is 2.36. The van der Waals surface area contributed by atoms with Crippen molar-refractivity contribution in [3.05, 3.63) is 91.3 Å². The second-order valence-corrected chi connectivity index (χ2v) is 10.5. The van der Waals surface area contributed by atoms with Crippen LogP contribution in [0.25, 0.3) is 6.08 Å². The third-order valence-electron chi connectivity index (χ3n) is 4.27. The summed E-state index contributed by atoms with van der Waals surface area (Å²) in [5.74, 6) is -0.727. The molecule has 33 heavy (non-hydrogen) atoms. The summed E-state index contributed by atoms with van der Waals surface area (Å²) in [4.78, 5) is 12.6. The Morgan fingerprint density at radius 3 is 2.45 bits per heavy atom. The average molecular weight is 611 g/mol. The number of hydrogen-bond acceptors (Lipinski definition) is 5. The summed E-state index contributed by atoms with van der Waals surface area (Å²) in [6.07, 6.45) is 1.26. The molecule has 0 saturated carbocycles. The zero-order valence-electron chi connectivity index (χ0n) is 17.0. The van der Waals surface area contributed by atoms with Gasteiger partial charge in [-0.05, 0) is 83.0 Å². The van der Waals surface area contributed by atoms with Gasteiger partial charge in [-0.2, -0.15) is 13.7 Å². The van der Waals surface area contributed by atoms with Gasteiger partial charge in [-0.15, -0.1) is 0 Å². The number of carbonyl (C=O) groups excluding carboxylic acids is 1. The predicted molar refractivity (Wildman–Crippen MR) is 135 cm³/mol. The summed E-state index contributed by atoms with van der Waals surface area (Å²) in [6.45, 7) is 1.88. The minimum Gasteiger partial charge on any atom is -0.377 e. The molecule has 168 valence electrons. The molecule has 0 spiro atoms. The van der Waals surface area contributed by atoms with E-state index in [9.17, 15) is 18.5 Å². The minimum atomic E-state index is -4.22. The lowest BCUT2D eigenvalue weighted by molar-refractivity contribution is -0.112. The fourth-order valence-electron chi connectivity index (χ4n) is 2.76. The van der Waals surface area contributed by atoms with E-state index in [2.05, 4.69) is 37.2 Å². The number of rotatable bonds is 6. The molecule has 0 fully saturated rings. The van der Waals surface area contributed by atoms with E-state index in [1.165, 1.54) is 36.4 Å². The van der Waals surface area contributed by atoms with Crippen LogP contribution in [0.3, 0.4) is 0 Å². The summed E-state index contributed by atoms with van der Waals surface area (Å²) in [5.41, 5.74) is 1.42. The zero-order valence-corrected chi connectivity index (χ0v) is 21.7. The number of benzene rings is 3. The molecule has 0 heterocycles. The highest BCUT2D eigenvalue weighted by atomic mass is 79.9. The maximum absolute atomic E-state index is 12.8. The molecular weight excluding hydrogens is 596 g/mol. The normalized spacial score (nSPS) is 11.5. The summed E-state index contributed by atoms with van der Waals surface area (Å²) < 4.78 is 31.9. The van der Waals surface area contributed by atoms with Crippen molar-refractivity contribution in [2.45, 2.75) is 11.8 Å². The molecule has 0 radical (unpaired) electrons. The molecule has 0 unspecified atom stereocenters. The van der Waals surface area contributed by atoms with Crippen LogP contribution in [0, 0.1) is 18.3 Å². The molecule has 0 aliphatic rings. The van der Waals surface area contributed by atoms with E-state index in [0.717, 1.165) is 5.56 Å². The van der Waals surface area contributed by atoms with Gasteiger partial charge in [0, 0.05) is 20.7 Å². The Bertz CT molecular complexity index is 1400. The maximum Gasteiger partial charge on any atom is 0.339 e. The second kappa shape index (κ2) is 10.5. The molecule has 0 saturated heterocycles. The van der Waals surface area contributed by atoms with E-state index in [1.807, 2.05) is 19.1 Å². The van der Waals surface area contributed by atoms with E-state index in [4.69, 9.17) is 15.8 Å². The molecule has 1 N–H and O–H groups in total. The second-order valence-electron chi connectivity index (χ2n) is 6.79. The molecule has 3 aromatic rings. The van der Waals surface area contributed by atoms with Crippen LogP contribution >= 0.6 is 43.5 Å². The van der Waals surface area contributed by atoms with Crippen molar-refractivity contribution < 1.29 is 17.4 Å². The lowest BCUT2D eigenvalue weighted by Gasteiger charge is -2.13. The number of carbonyl (C=O) groups is 1. The van der Waals surface area contributed by atoms with Gasteiger partial charge in [0.1, 0.15) is 16.5 Å². The monoisotopic (exact) mass is 608 g/mol. The largest absolute Gasteiger partial charge is 0.377 e. The van der Waals surface area contributed by atoms with Crippen LogP contribution in [-0.4, -0.2) is 14.3 Å². The smallest absolute Gasteiger partial charge is 0.339 e. The van der Waals surface area contributed by atoms with Crippen LogP contribution < -0.4 is 9.50 Å². The molecule has 0 aliphatic carbocycles. The standard InChI is InChI=1S/C23H15Br2ClN2O4S/c1-14-3-2-4-19(9-14)28-23(29)16(13-27)10-15-11-17(24)12-21(25)22(15)32-33(30,31)20-7-5-18(26)6-8-20/h2-12H,1H3,(H,28,29)/b16-10+. The van der Waals surface area contributed by atoms with E-state index in [-0.39, 0.29) is 21.8 Å². The number of hydrogen-bond donors (Lipinski definition) is 1. The first kappa shape index (κ1) is 25.0. The van der Waals surface area contributed by atoms with Gasteiger partial charge < -0.3 is 9.50 Å². The van der Waals surface area contributed by atoms with Crippen molar-refractivity contribution in [2.75, 3.05) is 5.32 Å². The third-order valence-corrected chi connectivity index (χ3v) is 6.81. The van der Waals surface area contributed by atoms with Crippen molar-refractivity contribution in [1.29, 1.82) is 5.26 Å². The van der Waals surface area contributed by atoms with Crippen LogP contribution in [0.2, 0.25) is 5.02 Å². The van der Waals surface area contributed by atoms with Crippen molar-refractivity contribution in [2.24, 2.45) is 0 Å². The average Bonchev–Trinajstić information content (AvgIpc) is 2.74. The first-order chi connectivity index (χ1) is 15.6. The number of nitrogens with zero attached hydrogens (tertiary/aromatic N) is 1. The molecule has 0 aromatic heterocycles. The van der Waals surface area contributed by atoms with Crippen LogP contribution in [0.1, 0.15) is 11.1 Å². The minimum absolute atomic E-state index is 0.0794. The fraction of sp³-hybridized carbons (Fsp3) is 0.0435. The quantitative estimate of drug-likeness (QED) is 0.196. The van der Waals surface area contributed by atoms with Crippen LogP contribution in [-0.2, 0) is 14.9 Å². The van der Waals surface area contributed by atoms with Crippen molar-refractivity contribution in [3.8, 4) is 11.8 Å². The van der Waals surface area contributed by atoms with Gasteiger partial charge in [0.15, 0.2) is 5.75 Å². The maximum atomic E-state index is 12.8. The number of nitrogens with one attached hydrogen (secondary N) is 1. The number of halogens is 3. The molecule has 10 heteroatoms. The first-order valence-electron chi connectivity index (χ1n) is 9.28. The fourth-order valence-corrected chi connectivity index (χ4v) is 5.30. The Morgan fingerprint density at radius 1 is 1.12 bits per heavy atom. The topological polar surface area (TPSA) is 96.3 Å². The lowest BCUT2D eigenvalue weighted by Crippen LogP contribution is -2.14.